The summed E-state index contributed by atoms with van der Waals surface area (Å²) in [6.45, 7) is 4.33. The molecule has 1 amide bonds. The van der Waals surface area contributed by atoms with Crippen LogP contribution >= 0.6 is 0 Å². The Morgan fingerprint density at radius 3 is 2.42 bits per heavy atom. The highest BCUT2D eigenvalue weighted by Crippen LogP contribution is 2.16. The number of carbonyl (C=O) groups is 2. The molecule has 0 bridgehead atoms. The van der Waals surface area contributed by atoms with Crippen molar-refractivity contribution in [2.45, 2.75) is 26.0 Å². The van der Waals surface area contributed by atoms with Crippen LogP contribution in [0.25, 0.3) is 11.1 Å². The first-order valence-corrected chi connectivity index (χ1v) is 10.4. The molecule has 0 spiro atoms. The maximum atomic E-state index is 12.7. The Morgan fingerprint density at radius 1 is 1.00 bits per heavy atom. The number of ether oxygens (including phenoxy) is 1. The van der Waals surface area contributed by atoms with Crippen LogP contribution in [0.3, 0.4) is 0 Å². The Labute approximate surface area is 179 Å². The SMILES string of the molecule is C[C@@H](OC(=O)CCn1c(=O)oc2ccccc21)C(=O)N1CCN(c2ccccc2)CC1. The van der Waals surface area contributed by atoms with Crippen LogP contribution in [0.5, 0.6) is 0 Å². The van der Waals surface area contributed by atoms with Crippen molar-refractivity contribution in [3.05, 3.63) is 65.1 Å². The van der Waals surface area contributed by atoms with Crippen LogP contribution in [0, 0.1) is 0 Å². The lowest BCUT2D eigenvalue weighted by Crippen LogP contribution is -2.51. The molecule has 31 heavy (non-hydrogen) atoms. The van der Waals surface area contributed by atoms with Crippen LogP contribution in [-0.4, -0.2) is 53.6 Å². The number of rotatable bonds is 6. The average Bonchev–Trinajstić information content (AvgIpc) is 3.12. The van der Waals surface area contributed by atoms with Crippen LogP contribution in [0.1, 0.15) is 13.3 Å². The van der Waals surface area contributed by atoms with Gasteiger partial charge in [0.1, 0.15) is 0 Å². The Hall–Kier alpha value is -3.55. The van der Waals surface area contributed by atoms with Gasteiger partial charge < -0.3 is 19.0 Å². The molecule has 8 nitrogen and oxygen atoms in total. The number of para-hydroxylation sites is 3. The average molecular weight is 423 g/mol. The topological polar surface area (TPSA) is 85.0 Å². The monoisotopic (exact) mass is 423 g/mol. The number of aryl methyl sites for hydroxylation is 1. The number of hydrogen-bond acceptors (Lipinski definition) is 6. The lowest BCUT2D eigenvalue weighted by Gasteiger charge is -2.37. The lowest BCUT2D eigenvalue weighted by molar-refractivity contribution is -0.159. The molecule has 1 aliphatic heterocycles. The van der Waals surface area contributed by atoms with E-state index in [0.717, 1.165) is 18.8 Å². The molecule has 8 heteroatoms. The van der Waals surface area contributed by atoms with Crippen molar-refractivity contribution in [2.75, 3.05) is 31.1 Å². The number of piperazine rings is 1. The zero-order valence-corrected chi connectivity index (χ0v) is 17.4. The Balaban J connectivity index is 1.27. The second-order valence-corrected chi connectivity index (χ2v) is 7.52. The number of carbonyl (C=O) groups excluding carboxylic acids is 2. The number of aromatic nitrogens is 1. The summed E-state index contributed by atoms with van der Waals surface area (Å²) in [7, 11) is 0. The minimum absolute atomic E-state index is 0.0250. The molecule has 1 fully saturated rings. The van der Waals surface area contributed by atoms with Crippen molar-refractivity contribution in [1.29, 1.82) is 0 Å². The van der Waals surface area contributed by atoms with Gasteiger partial charge in [0.15, 0.2) is 11.7 Å². The highest BCUT2D eigenvalue weighted by atomic mass is 16.5. The molecular formula is C23H25N3O5. The van der Waals surface area contributed by atoms with Crippen molar-refractivity contribution < 1.29 is 18.7 Å². The molecule has 0 aliphatic carbocycles. The summed E-state index contributed by atoms with van der Waals surface area (Å²) < 4.78 is 11.9. The van der Waals surface area contributed by atoms with Crippen LogP contribution in [-0.2, 0) is 20.9 Å². The fourth-order valence-electron chi connectivity index (χ4n) is 3.82. The van der Waals surface area contributed by atoms with Crippen LogP contribution in [0.2, 0.25) is 0 Å². The van der Waals surface area contributed by atoms with Gasteiger partial charge in [-0.2, -0.15) is 0 Å². The first kappa shape index (κ1) is 20.7. The first-order valence-electron chi connectivity index (χ1n) is 10.4. The van der Waals surface area contributed by atoms with Crippen molar-refractivity contribution in [2.24, 2.45) is 0 Å². The van der Waals surface area contributed by atoms with E-state index in [1.54, 1.807) is 36.1 Å². The Kier molecular flexibility index (Phi) is 6.06. The third-order valence-corrected chi connectivity index (χ3v) is 5.48. The maximum absolute atomic E-state index is 12.7. The second-order valence-electron chi connectivity index (χ2n) is 7.52. The second kappa shape index (κ2) is 9.07. The predicted molar refractivity (Wildman–Crippen MR) is 116 cm³/mol. The Bertz CT molecular complexity index is 1110. The number of anilines is 1. The molecule has 2 aromatic carbocycles. The number of esters is 1. The van der Waals surface area contributed by atoms with Gasteiger partial charge in [0.2, 0.25) is 0 Å². The van der Waals surface area contributed by atoms with Gasteiger partial charge in [-0.1, -0.05) is 30.3 Å². The largest absolute Gasteiger partial charge is 0.452 e. The standard InChI is InChI=1S/C23H25N3O5/c1-17(22(28)25-15-13-24(14-16-25)18-7-3-2-4-8-18)30-21(27)11-12-26-19-9-5-6-10-20(19)31-23(26)29/h2-10,17H,11-16H2,1H3/t17-/m1/s1. The van der Waals surface area contributed by atoms with Crippen molar-refractivity contribution in [3.63, 3.8) is 0 Å². The summed E-state index contributed by atoms with van der Waals surface area (Å²) in [5.74, 6) is -1.25. The molecule has 4 rings (SSSR count). The summed E-state index contributed by atoms with van der Waals surface area (Å²) >= 11 is 0. The quantitative estimate of drug-likeness (QED) is 0.566. The molecule has 0 unspecified atom stereocenters. The number of oxazole rings is 1. The van der Waals surface area contributed by atoms with Gasteiger partial charge in [0.25, 0.3) is 5.91 Å². The molecule has 0 saturated carbocycles. The Morgan fingerprint density at radius 2 is 1.68 bits per heavy atom. The molecule has 0 N–H and O–H groups in total. The van der Waals surface area contributed by atoms with Crippen LogP contribution in [0.15, 0.2) is 63.8 Å². The van der Waals surface area contributed by atoms with Crippen LogP contribution < -0.4 is 10.7 Å². The van der Waals surface area contributed by atoms with E-state index in [4.69, 9.17) is 9.15 Å². The van der Waals surface area contributed by atoms with E-state index in [9.17, 15) is 14.4 Å². The summed E-state index contributed by atoms with van der Waals surface area (Å²) in [6.07, 6.45) is -0.892. The van der Waals surface area contributed by atoms with Gasteiger partial charge in [0, 0.05) is 38.4 Å². The first-order chi connectivity index (χ1) is 15.0. The van der Waals surface area contributed by atoms with E-state index in [0.29, 0.717) is 24.2 Å². The number of benzene rings is 2. The van der Waals surface area contributed by atoms with E-state index >= 15 is 0 Å². The molecule has 1 atom stereocenters. The summed E-state index contributed by atoms with van der Waals surface area (Å²) in [5, 5.41) is 0. The third kappa shape index (κ3) is 4.63. The van der Waals surface area contributed by atoms with E-state index in [1.165, 1.54) is 4.57 Å². The predicted octanol–water partition coefficient (Wildman–Crippen LogP) is 2.27. The molecule has 2 heterocycles. The number of fused-ring (bicyclic) bond motifs is 1. The minimum Gasteiger partial charge on any atom is -0.452 e. The molecular weight excluding hydrogens is 398 g/mol. The fourth-order valence-corrected chi connectivity index (χ4v) is 3.82. The zero-order chi connectivity index (χ0) is 21.8. The van der Waals surface area contributed by atoms with Gasteiger partial charge >= 0.3 is 11.7 Å². The van der Waals surface area contributed by atoms with E-state index in [-0.39, 0.29) is 18.9 Å². The summed E-state index contributed by atoms with van der Waals surface area (Å²) in [5.41, 5.74) is 2.23. The highest BCUT2D eigenvalue weighted by Gasteiger charge is 2.27. The molecule has 1 aromatic heterocycles. The van der Waals surface area contributed by atoms with Crippen molar-refractivity contribution in [1.82, 2.24) is 9.47 Å². The third-order valence-electron chi connectivity index (χ3n) is 5.48. The molecule has 3 aromatic rings. The van der Waals surface area contributed by atoms with Gasteiger partial charge in [-0.05, 0) is 31.2 Å². The van der Waals surface area contributed by atoms with E-state index in [2.05, 4.69) is 17.0 Å². The summed E-state index contributed by atoms with van der Waals surface area (Å²) in [6, 6.07) is 17.1. The van der Waals surface area contributed by atoms with Gasteiger partial charge in [-0.25, -0.2) is 4.79 Å². The smallest absolute Gasteiger partial charge is 0.419 e. The number of amides is 1. The summed E-state index contributed by atoms with van der Waals surface area (Å²) in [4.78, 5) is 40.9. The maximum Gasteiger partial charge on any atom is 0.419 e. The zero-order valence-electron chi connectivity index (χ0n) is 17.4. The van der Waals surface area contributed by atoms with Gasteiger partial charge in [0.05, 0.1) is 11.9 Å². The van der Waals surface area contributed by atoms with Crippen LogP contribution in [0.4, 0.5) is 5.69 Å². The molecule has 162 valence electrons. The van der Waals surface area contributed by atoms with E-state index in [1.807, 2.05) is 18.2 Å². The number of hydrogen-bond donors (Lipinski definition) is 0. The highest BCUT2D eigenvalue weighted by molar-refractivity contribution is 5.83. The van der Waals surface area contributed by atoms with Gasteiger partial charge in [-0.15, -0.1) is 0 Å². The van der Waals surface area contributed by atoms with Crippen molar-refractivity contribution >= 4 is 28.7 Å². The molecule has 1 aliphatic rings. The fraction of sp³-hybridized carbons (Fsp3) is 0.348. The normalized spacial score (nSPS) is 15.1. The van der Waals surface area contributed by atoms with Crippen molar-refractivity contribution in [3.8, 4) is 0 Å². The number of nitrogens with zero attached hydrogens (tertiary/aromatic N) is 3. The van der Waals surface area contributed by atoms with Gasteiger partial charge in [-0.3, -0.25) is 14.2 Å². The minimum atomic E-state index is -0.867. The van der Waals surface area contributed by atoms with E-state index < -0.39 is 17.8 Å². The lowest BCUT2D eigenvalue weighted by atomic mass is 10.2. The molecule has 0 radical (unpaired) electrons. The molecule has 1 saturated heterocycles.